The number of nitrogens with zero attached hydrogens (tertiary/aromatic N) is 4. The smallest absolute Gasteiger partial charge is 0.103 e. The van der Waals surface area contributed by atoms with Gasteiger partial charge in [-0.15, -0.1) is 0 Å². The van der Waals surface area contributed by atoms with E-state index >= 15 is 0 Å². The van der Waals surface area contributed by atoms with Gasteiger partial charge in [-0.05, 0) is 40.8 Å². The second-order valence-corrected chi connectivity index (χ2v) is 11.3. The maximum absolute atomic E-state index is 10.9. The predicted molar refractivity (Wildman–Crippen MR) is 166 cm³/mol. The minimum absolute atomic E-state index is 0.0367. The highest BCUT2D eigenvalue weighted by molar-refractivity contribution is 6.12. The molecule has 0 fully saturated rings. The molecule has 1 unspecified atom stereocenters. The summed E-state index contributed by atoms with van der Waals surface area (Å²) in [6.07, 6.45) is 0. The molecule has 4 nitrogen and oxygen atoms in total. The van der Waals surface area contributed by atoms with Crippen molar-refractivity contribution in [1.82, 2.24) is 9.13 Å². The molecule has 7 aromatic rings. The zero-order valence-corrected chi connectivity index (χ0v) is 23.1. The van der Waals surface area contributed by atoms with Crippen molar-refractivity contribution in [3.8, 4) is 23.5 Å². The maximum atomic E-state index is 10.9. The molecule has 0 aliphatic carbocycles. The fourth-order valence-corrected chi connectivity index (χ4v) is 7.41. The highest BCUT2D eigenvalue weighted by atomic mass is 15.0. The van der Waals surface area contributed by atoms with Crippen LogP contribution in [0.2, 0.25) is 0 Å². The molecular weight excluding hydrogens is 500 g/mol. The van der Waals surface area contributed by atoms with Crippen LogP contribution >= 0.6 is 0 Å². The monoisotopic (exact) mass is 526 g/mol. The van der Waals surface area contributed by atoms with Crippen molar-refractivity contribution in [3.63, 3.8) is 0 Å². The highest BCUT2D eigenvalue weighted by Gasteiger charge is 2.36. The molecule has 0 amide bonds. The van der Waals surface area contributed by atoms with Crippen molar-refractivity contribution in [2.75, 3.05) is 0 Å². The second-order valence-electron chi connectivity index (χ2n) is 11.3. The van der Waals surface area contributed by atoms with Gasteiger partial charge in [0.25, 0.3) is 0 Å². The molecule has 0 saturated carbocycles. The maximum Gasteiger partial charge on any atom is 0.103 e. The van der Waals surface area contributed by atoms with E-state index in [9.17, 15) is 10.5 Å². The van der Waals surface area contributed by atoms with Gasteiger partial charge in [-0.25, -0.2) is 0 Å². The Morgan fingerprint density at radius 2 is 1.10 bits per heavy atom. The number of hydrogen-bond acceptors (Lipinski definition) is 2. The van der Waals surface area contributed by atoms with E-state index in [1.165, 1.54) is 10.9 Å². The van der Waals surface area contributed by atoms with Crippen molar-refractivity contribution in [1.29, 1.82) is 10.5 Å². The van der Waals surface area contributed by atoms with Crippen molar-refractivity contribution in [3.05, 3.63) is 119 Å². The minimum atomic E-state index is 0.0367. The third-order valence-electron chi connectivity index (χ3n) is 8.98. The molecule has 194 valence electrons. The largest absolute Gasteiger partial charge is 0.308 e. The predicted octanol–water partition coefficient (Wildman–Crippen LogP) is 9.21. The molecule has 0 radical (unpaired) electrons. The van der Waals surface area contributed by atoms with Crippen LogP contribution in [-0.2, 0) is 0 Å². The molecule has 2 aromatic heterocycles. The van der Waals surface area contributed by atoms with E-state index in [1.54, 1.807) is 0 Å². The van der Waals surface area contributed by atoms with Gasteiger partial charge in [0.05, 0.1) is 44.6 Å². The molecule has 4 heteroatoms. The highest BCUT2D eigenvalue weighted by Crippen LogP contribution is 2.51. The van der Waals surface area contributed by atoms with E-state index in [4.69, 9.17) is 0 Å². The lowest BCUT2D eigenvalue weighted by molar-refractivity contribution is 0.785. The van der Waals surface area contributed by atoms with Crippen LogP contribution in [0, 0.1) is 22.7 Å². The number of rotatable bonds is 2. The number of aromatic nitrogens is 2. The van der Waals surface area contributed by atoms with E-state index in [0.29, 0.717) is 11.1 Å². The van der Waals surface area contributed by atoms with Crippen LogP contribution in [-0.4, -0.2) is 9.13 Å². The normalized spacial score (nSPS) is 14.1. The Balaban J connectivity index is 1.66. The van der Waals surface area contributed by atoms with E-state index in [0.717, 1.165) is 60.7 Å². The van der Waals surface area contributed by atoms with Crippen molar-refractivity contribution < 1.29 is 0 Å². The second kappa shape index (κ2) is 8.34. The van der Waals surface area contributed by atoms with Crippen LogP contribution in [0.4, 0.5) is 0 Å². The topological polar surface area (TPSA) is 57.4 Å². The van der Waals surface area contributed by atoms with Crippen LogP contribution in [0.25, 0.3) is 55.0 Å². The van der Waals surface area contributed by atoms with Crippen LogP contribution < -0.4 is 0 Å². The Labute approximate surface area is 237 Å². The summed E-state index contributed by atoms with van der Waals surface area (Å²) in [5, 5.41) is 26.3. The van der Waals surface area contributed by atoms with Gasteiger partial charge in [-0.2, -0.15) is 10.5 Å². The van der Waals surface area contributed by atoms with Gasteiger partial charge in [0, 0.05) is 27.5 Å². The Kier molecular flexibility index (Phi) is 4.79. The summed E-state index contributed by atoms with van der Waals surface area (Å²) in [7, 11) is 0. The minimum Gasteiger partial charge on any atom is -0.308 e. The number of fused-ring (bicyclic) bond motifs is 8. The Hall–Kier alpha value is -5.32. The van der Waals surface area contributed by atoms with E-state index in [-0.39, 0.29) is 11.8 Å². The van der Waals surface area contributed by atoms with Gasteiger partial charge in [-0.3, -0.25) is 0 Å². The molecule has 1 atom stereocenters. The molecule has 0 spiro atoms. The summed E-state index contributed by atoms with van der Waals surface area (Å²) < 4.78 is 4.49. The molecule has 8 rings (SSSR count). The first-order valence-corrected chi connectivity index (χ1v) is 14.1. The van der Waals surface area contributed by atoms with Gasteiger partial charge in [-0.1, -0.05) is 93.6 Å². The van der Waals surface area contributed by atoms with Crippen molar-refractivity contribution >= 4 is 43.6 Å². The van der Waals surface area contributed by atoms with Crippen molar-refractivity contribution in [2.24, 2.45) is 0 Å². The van der Waals surface area contributed by atoms with Gasteiger partial charge in [0.1, 0.15) is 12.1 Å². The quantitative estimate of drug-likeness (QED) is 0.225. The lowest BCUT2D eigenvalue weighted by Gasteiger charge is -2.33. The van der Waals surface area contributed by atoms with Crippen molar-refractivity contribution in [2.45, 2.75) is 32.6 Å². The summed E-state index contributed by atoms with van der Waals surface area (Å²) in [4.78, 5) is 0. The SMILES string of the molecule is CC(C)c1c2c(c(C#N)c(C#N)c1-n1c3ccccc3c3ccccc31)-n1c3ccccc3c3cccc(c31)C2C. The molecule has 41 heavy (non-hydrogen) atoms. The van der Waals surface area contributed by atoms with Gasteiger partial charge >= 0.3 is 0 Å². The summed E-state index contributed by atoms with van der Waals surface area (Å²) >= 11 is 0. The molecule has 0 bridgehead atoms. The Morgan fingerprint density at radius 1 is 0.610 bits per heavy atom. The van der Waals surface area contributed by atoms with E-state index in [1.807, 2.05) is 12.1 Å². The van der Waals surface area contributed by atoms with E-state index < -0.39 is 0 Å². The Bertz CT molecular complexity index is 2280. The third kappa shape index (κ3) is 2.87. The Morgan fingerprint density at radius 3 is 1.66 bits per heavy atom. The summed E-state index contributed by atoms with van der Waals surface area (Å²) in [6, 6.07) is 36.7. The standard InChI is InChI=1S/C37H26N4/c1-21(2)33-34-22(3)23-14-10-15-27-26-13-6-9-18-32(26)41(35(23)27)37(34)29(20-39)28(19-38)36(33)40-30-16-7-4-11-24(30)25-12-5-8-17-31(25)40/h4-18,21-22H,1-3H3. The molecule has 3 heterocycles. The first-order chi connectivity index (χ1) is 20.1. The lowest BCUT2D eigenvalue weighted by atomic mass is 9.78. The first kappa shape index (κ1) is 23.6. The number of para-hydroxylation sites is 4. The number of benzene rings is 5. The lowest BCUT2D eigenvalue weighted by Crippen LogP contribution is -2.20. The molecule has 0 saturated heterocycles. The van der Waals surface area contributed by atoms with E-state index in [2.05, 4.69) is 121 Å². The number of nitriles is 2. The van der Waals surface area contributed by atoms with Crippen LogP contribution in [0.1, 0.15) is 60.4 Å². The third-order valence-corrected chi connectivity index (χ3v) is 8.98. The fourth-order valence-electron chi connectivity index (χ4n) is 7.41. The molecule has 1 aliphatic heterocycles. The van der Waals surface area contributed by atoms with Crippen LogP contribution in [0.5, 0.6) is 0 Å². The van der Waals surface area contributed by atoms with Gasteiger partial charge in [0.2, 0.25) is 0 Å². The molecule has 1 aliphatic rings. The average Bonchev–Trinajstić information content (AvgIpc) is 3.52. The van der Waals surface area contributed by atoms with Gasteiger partial charge in [0.15, 0.2) is 0 Å². The number of hydrogen-bond donors (Lipinski definition) is 0. The summed E-state index contributed by atoms with van der Waals surface area (Å²) in [5.74, 6) is 0.137. The molecular formula is C37H26N4. The fraction of sp³-hybridized carbons (Fsp3) is 0.135. The molecule has 5 aromatic carbocycles. The van der Waals surface area contributed by atoms with Gasteiger partial charge < -0.3 is 9.13 Å². The zero-order chi connectivity index (χ0) is 28.0. The first-order valence-electron chi connectivity index (χ1n) is 14.1. The van der Waals surface area contributed by atoms with Crippen LogP contribution in [0.3, 0.4) is 0 Å². The zero-order valence-electron chi connectivity index (χ0n) is 23.1. The summed E-state index contributed by atoms with van der Waals surface area (Å²) in [5.41, 5.74) is 10.3. The van der Waals surface area contributed by atoms with Crippen LogP contribution in [0.15, 0.2) is 91.0 Å². The average molecular weight is 527 g/mol. The molecule has 0 N–H and O–H groups in total. The summed E-state index contributed by atoms with van der Waals surface area (Å²) in [6.45, 7) is 6.66.